The number of methoxy groups -OCH3 is 2. The molecule has 1 aromatic heterocycles. The van der Waals surface area contributed by atoms with Gasteiger partial charge in [-0.25, -0.2) is 4.98 Å². The summed E-state index contributed by atoms with van der Waals surface area (Å²) in [4.78, 5) is 16.7. The Kier molecular flexibility index (Phi) is 4.99. The third kappa shape index (κ3) is 3.28. The van der Waals surface area contributed by atoms with Gasteiger partial charge >= 0.3 is 0 Å². The predicted molar refractivity (Wildman–Crippen MR) is 96.0 cm³/mol. The van der Waals surface area contributed by atoms with Crippen LogP contribution in [0.25, 0.3) is 17.2 Å². The van der Waals surface area contributed by atoms with E-state index in [2.05, 4.69) is 4.98 Å². The fraction of sp³-hybridized carbons (Fsp3) is 0.150. The van der Waals surface area contributed by atoms with Gasteiger partial charge in [0.25, 0.3) is 0 Å². The SMILES string of the molecule is COc1cccc(C=CC(=O)C(C#N)c2nc3ccccc3o2)c1OC. The average molecular weight is 348 g/mol. The van der Waals surface area contributed by atoms with Crippen molar-refractivity contribution in [3.8, 4) is 17.6 Å². The van der Waals surface area contributed by atoms with Crippen molar-refractivity contribution in [2.45, 2.75) is 5.92 Å². The third-order valence-corrected chi connectivity index (χ3v) is 3.83. The maximum absolute atomic E-state index is 12.5. The Labute approximate surface area is 150 Å². The molecule has 0 radical (unpaired) electrons. The van der Waals surface area contributed by atoms with Crippen molar-refractivity contribution in [2.75, 3.05) is 14.2 Å². The van der Waals surface area contributed by atoms with E-state index in [0.717, 1.165) is 0 Å². The molecule has 0 aliphatic carbocycles. The van der Waals surface area contributed by atoms with Crippen LogP contribution in [0.2, 0.25) is 0 Å². The molecule has 1 heterocycles. The molecule has 0 N–H and O–H groups in total. The second kappa shape index (κ2) is 7.53. The number of carbonyl (C=O) groups excluding carboxylic acids is 1. The molecule has 3 aromatic rings. The maximum atomic E-state index is 12.5. The first kappa shape index (κ1) is 17.2. The fourth-order valence-corrected chi connectivity index (χ4v) is 2.57. The zero-order valence-corrected chi connectivity index (χ0v) is 14.3. The number of benzene rings is 2. The number of carbonyl (C=O) groups is 1. The van der Waals surface area contributed by atoms with Gasteiger partial charge in [0.2, 0.25) is 5.89 Å². The van der Waals surface area contributed by atoms with E-state index in [0.29, 0.717) is 28.2 Å². The number of oxazole rings is 1. The normalized spacial score (nSPS) is 12.0. The second-order valence-corrected chi connectivity index (χ2v) is 5.40. The predicted octanol–water partition coefficient (Wildman–Crippen LogP) is 3.73. The van der Waals surface area contributed by atoms with Gasteiger partial charge in [0, 0.05) is 5.56 Å². The third-order valence-electron chi connectivity index (χ3n) is 3.83. The van der Waals surface area contributed by atoms with Gasteiger partial charge in [0.15, 0.2) is 28.8 Å². The van der Waals surface area contributed by atoms with E-state index in [1.807, 2.05) is 12.1 Å². The Morgan fingerprint density at radius 1 is 1.19 bits per heavy atom. The molecule has 6 heteroatoms. The van der Waals surface area contributed by atoms with Crippen LogP contribution in [0.3, 0.4) is 0 Å². The van der Waals surface area contributed by atoms with Crippen LogP contribution in [0.4, 0.5) is 0 Å². The minimum Gasteiger partial charge on any atom is -0.493 e. The summed E-state index contributed by atoms with van der Waals surface area (Å²) in [6, 6.07) is 14.4. The number of nitrogens with zero attached hydrogens (tertiary/aromatic N) is 2. The van der Waals surface area contributed by atoms with Crippen molar-refractivity contribution in [1.29, 1.82) is 5.26 Å². The van der Waals surface area contributed by atoms with Crippen molar-refractivity contribution in [3.05, 3.63) is 60.0 Å². The molecule has 130 valence electrons. The monoisotopic (exact) mass is 348 g/mol. The Balaban J connectivity index is 1.88. The highest BCUT2D eigenvalue weighted by Crippen LogP contribution is 2.31. The first-order valence-electron chi connectivity index (χ1n) is 7.86. The summed E-state index contributed by atoms with van der Waals surface area (Å²) in [5, 5.41) is 9.41. The zero-order chi connectivity index (χ0) is 18.5. The Morgan fingerprint density at radius 3 is 2.69 bits per heavy atom. The van der Waals surface area contributed by atoms with Crippen LogP contribution in [0, 0.1) is 11.3 Å². The lowest BCUT2D eigenvalue weighted by Crippen LogP contribution is -2.08. The number of para-hydroxylation sites is 3. The fourth-order valence-electron chi connectivity index (χ4n) is 2.57. The Hall–Kier alpha value is -3.59. The molecule has 6 nitrogen and oxygen atoms in total. The van der Waals surface area contributed by atoms with E-state index < -0.39 is 11.7 Å². The lowest BCUT2D eigenvalue weighted by atomic mass is 10.0. The number of allylic oxidation sites excluding steroid dienone is 1. The van der Waals surface area contributed by atoms with Gasteiger partial charge in [0.1, 0.15) is 5.52 Å². The number of fused-ring (bicyclic) bond motifs is 1. The standard InChI is InChI=1S/C20H16N2O4/c1-24-18-9-5-6-13(19(18)25-2)10-11-16(23)14(12-21)20-22-15-7-3-4-8-17(15)26-20/h3-11,14H,1-2H3. The van der Waals surface area contributed by atoms with Gasteiger partial charge in [-0.1, -0.05) is 24.3 Å². The first-order chi connectivity index (χ1) is 12.7. The molecule has 0 aliphatic rings. The van der Waals surface area contributed by atoms with Crippen molar-refractivity contribution in [1.82, 2.24) is 4.98 Å². The van der Waals surface area contributed by atoms with Crippen LogP contribution in [0.1, 0.15) is 17.4 Å². The molecule has 0 fully saturated rings. The van der Waals surface area contributed by atoms with Crippen LogP contribution in [0.15, 0.2) is 53.0 Å². The van der Waals surface area contributed by atoms with Crippen LogP contribution in [-0.4, -0.2) is 25.0 Å². The largest absolute Gasteiger partial charge is 0.493 e. The lowest BCUT2D eigenvalue weighted by Gasteiger charge is -2.09. The topological polar surface area (TPSA) is 85.4 Å². The number of nitriles is 1. The highest BCUT2D eigenvalue weighted by molar-refractivity contribution is 6.00. The van der Waals surface area contributed by atoms with Gasteiger partial charge in [-0.3, -0.25) is 4.79 Å². The van der Waals surface area contributed by atoms with E-state index in [-0.39, 0.29) is 5.89 Å². The van der Waals surface area contributed by atoms with E-state index in [1.54, 1.807) is 42.5 Å². The lowest BCUT2D eigenvalue weighted by molar-refractivity contribution is -0.115. The molecule has 0 bridgehead atoms. The summed E-state index contributed by atoms with van der Waals surface area (Å²) >= 11 is 0. The van der Waals surface area contributed by atoms with Crippen molar-refractivity contribution in [2.24, 2.45) is 0 Å². The average Bonchev–Trinajstić information content (AvgIpc) is 3.10. The maximum Gasteiger partial charge on any atom is 0.220 e. The van der Waals surface area contributed by atoms with Crippen molar-refractivity contribution in [3.63, 3.8) is 0 Å². The van der Waals surface area contributed by atoms with Crippen LogP contribution in [-0.2, 0) is 4.79 Å². The van der Waals surface area contributed by atoms with Gasteiger partial charge in [-0.15, -0.1) is 0 Å². The second-order valence-electron chi connectivity index (χ2n) is 5.40. The van der Waals surface area contributed by atoms with E-state index in [9.17, 15) is 10.1 Å². The minimum absolute atomic E-state index is 0.0842. The molecule has 1 unspecified atom stereocenters. The molecule has 3 rings (SSSR count). The highest BCUT2D eigenvalue weighted by Gasteiger charge is 2.24. The Bertz CT molecular complexity index is 981. The van der Waals surface area contributed by atoms with Gasteiger partial charge in [-0.05, 0) is 30.4 Å². The van der Waals surface area contributed by atoms with Crippen molar-refractivity contribution >= 4 is 23.0 Å². The number of rotatable bonds is 6. The van der Waals surface area contributed by atoms with E-state index >= 15 is 0 Å². The van der Waals surface area contributed by atoms with Gasteiger partial charge < -0.3 is 13.9 Å². The molecule has 0 saturated heterocycles. The number of hydrogen-bond donors (Lipinski definition) is 0. The van der Waals surface area contributed by atoms with Gasteiger partial charge in [-0.2, -0.15) is 5.26 Å². The highest BCUT2D eigenvalue weighted by atomic mass is 16.5. The molecule has 2 aromatic carbocycles. The molecule has 0 aliphatic heterocycles. The number of ether oxygens (including phenoxy) is 2. The Morgan fingerprint density at radius 2 is 2.00 bits per heavy atom. The minimum atomic E-state index is -1.12. The quantitative estimate of drug-likeness (QED) is 0.631. The molecule has 0 spiro atoms. The molecule has 0 amide bonds. The van der Waals surface area contributed by atoms with Crippen LogP contribution < -0.4 is 9.47 Å². The summed E-state index contributed by atoms with van der Waals surface area (Å²) < 4.78 is 16.1. The summed E-state index contributed by atoms with van der Waals surface area (Å²) in [7, 11) is 3.06. The molecular formula is C20H16N2O4. The van der Waals surface area contributed by atoms with Gasteiger partial charge in [0.05, 0.1) is 20.3 Å². The molecular weight excluding hydrogens is 332 g/mol. The zero-order valence-electron chi connectivity index (χ0n) is 14.3. The first-order valence-corrected chi connectivity index (χ1v) is 7.86. The summed E-state index contributed by atoms with van der Waals surface area (Å²) in [5.74, 6) is -0.396. The number of hydrogen-bond acceptors (Lipinski definition) is 6. The smallest absolute Gasteiger partial charge is 0.220 e. The van der Waals surface area contributed by atoms with Crippen LogP contribution in [0.5, 0.6) is 11.5 Å². The molecule has 0 saturated carbocycles. The summed E-state index contributed by atoms with van der Waals surface area (Å²) in [6.45, 7) is 0. The molecule has 1 atom stereocenters. The molecule has 26 heavy (non-hydrogen) atoms. The van der Waals surface area contributed by atoms with E-state index in [4.69, 9.17) is 13.9 Å². The number of ketones is 1. The summed E-state index contributed by atoms with van der Waals surface area (Å²) in [5.41, 5.74) is 1.80. The number of aromatic nitrogens is 1. The van der Waals surface area contributed by atoms with E-state index in [1.165, 1.54) is 20.3 Å². The van der Waals surface area contributed by atoms with Crippen molar-refractivity contribution < 1.29 is 18.7 Å². The summed E-state index contributed by atoms with van der Waals surface area (Å²) in [6.07, 6.45) is 2.90. The van der Waals surface area contributed by atoms with Crippen LogP contribution >= 0.6 is 0 Å².